The van der Waals surface area contributed by atoms with Gasteiger partial charge in [-0.15, -0.1) is 0 Å². The monoisotopic (exact) mass is 289 g/mol. The van der Waals surface area contributed by atoms with Gasteiger partial charge in [0.2, 0.25) is 0 Å². The molecule has 1 heterocycles. The van der Waals surface area contributed by atoms with Crippen LogP contribution in [0.2, 0.25) is 0 Å². The molecule has 4 nitrogen and oxygen atoms in total. The summed E-state index contributed by atoms with van der Waals surface area (Å²) in [7, 11) is 0. The number of alkyl halides is 3. The molecule has 0 radical (unpaired) electrons. The Balaban J connectivity index is 2.26. The normalized spacial score (nSPS) is 20.4. The molecule has 0 aromatic heterocycles. The zero-order valence-electron chi connectivity index (χ0n) is 10.5. The number of aliphatic carboxylic acids is 1. The molecular formula is C13H14F3NO3. The molecule has 1 aliphatic rings. The highest BCUT2D eigenvalue weighted by molar-refractivity contribution is 5.80. The van der Waals surface area contributed by atoms with Crippen molar-refractivity contribution >= 4 is 11.7 Å². The third kappa shape index (κ3) is 2.87. The number of β-amino-alcohol motifs (C(OH)–C–C–N with tert-alkyl or cyclic N) is 1. The molecule has 0 saturated heterocycles. The molecule has 0 amide bonds. The number of para-hydroxylation sites is 1. The lowest BCUT2D eigenvalue weighted by atomic mass is 9.90. The summed E-state index contributed by atoms with van der Waals surface area (Å²) in [6, 6.07) is 6.46. The smallest absolute Gasteiger partial charge is 0.416 e. The van der Waals surface area contributed by atoms with Crippen molar-refractivity contribution < 1.29 is 28.2 Å². The van der Waals surface area contributed by atoms with Gasteiger partial charge in [-0.05, 0) is 18.1 Å². The maximum absolute atomic E-state index is 12.4. The SMILES string of the molecule is O=C(O)C1CCN(CC(O)C(F)(F)F)c2ccccc21. The van der Waals surface area contributed by atoms with Gasteiger partial charge in [-0.1, -0.05) is 18.2 Å². The van der Waals surface area contributed by atoms with Crippen LogP contribution in [0.4, 0.5) is 18.9 Å². The lowest BCUT2D eigenvalue weighted by molar-refractivity contribution is -0.200. The fraction of sp³-hybridized carbons (Fsp3) is 0.462. The summed E-state index contributed by atoms with van der Waals surface area (Å²) in [5.74, 6) is -1.71. The summed E-state index contributed by atoms with van der Waals surface area (Å²) >= 11 is 0. The second-order valence-electron chi connectivity index (χ2n) is 4.74. The van der Waals surface area contributed by atoms with E-state index in [0.29, 0.717) is 11.3 Å². The third-order valence-corrected chi connectivity index (χ3v) is 3.41. The highest BCUT2D eigenvalue weighted by Gasteiger charge is 2.40. The van der Waals surface area contributed by atoms with Crippen LogP contribution in [0.25, 0.3) is 0 Å². The van der Waals surface area contributed by atoms with Crippen molar-refractivity contribution in [3.63, 3.8) is 0 Å². The minimum atomic E-state index is -4.68. The first kappa shape index (κ1) is 14.6. The van der Waals surface area contributed by atoms with Crippen LogP contribution in [-0.2, 0) is 4.79 Å². The van der Waals surface area contributed by atoms with Crippen LogP contribution in [-0.4, -0.2) is 41.6 Å². The van der Waals surface area contributed by atoms with Gasteiger partial charge < -0.3 is 15.1 Å². The molecule has 0 spiro atoms. The van der Waals surface area contributed by atoms with Crippen LogP contribution in [0.1, 0.15) is 17.9 Å². The van der Waals surface area contributed by atoms with E-state index >= 15 is 0 Å². The quantitative estimate of drug-likeness (QED) is 0.893. The first-order chi connectivity index (χ1) is 9.30. The van der Waals surface area contributed by atoms with E-state index < -0.39 is 30.7 Å². The maximum atomic E-state index is 12.4. The number of carbonyl (C=O) groups is 1. The molecule has 7 heteroatoms. The largest absolute Gasteiger partial charge is 0.481 e. The number of aliphatic hydroxyl groups excluding tert-OH is 1. The first-order valence-corrected chi connectivity index (χ1v) is 6.12. The molecule has 110 valence electrons. The van der Waals surface area contributed by atoms with Crippen LogP contribution < -0.4 is 4.90 Å². The summed E-state index contributed by atoms with van der Waals surface area (Å²) in [6.45, 7) is -0.423. The summed E-state index contributed by atoms with van der Waals surface area (Å²) in [4.78, 5) is 12.5. The Kier molecular flexibility index (Phi) is 3.89. The van der Waals surface area contributed by atoms with Gasteiger partial charge in [0.25, 0.3) is 0 Å². The number of carboxylic acid groups (broad SMARTS) is 1. The van der Waals surface area contributed by atoms with E-state index in [9.17, 15) is 18.0 Å². The minimum Gasteiger partial charge on any atom is -0.481 e. The van der Waals surface area contributed by atoms with Crippen LogP contribution in [0, 0.1) is 0 Å². The third-order valence-electron chi connectivity index (χ3n) is 3.41. The molecular weight excluding hydrogens is 275 g/mol. The highest BCUT2D eigenvalue weighted by atomic mass is 19.4. The summed E-state index contributed by atoms with van der Waals surface area (Å²) in [5.41, 5.74) is 0.926. The topological polar surface area (TPSA) is 60.8 Å². The second kappa shape index (κ2) is 5.32. The number of benzene rings is 1. The number of aliphatic hydroxyl groups is 1. The fourth-order valence-corrected chi connectivity index (χ4v) is 2.39. The van der Waals surface area contributed by atoms with E-state index in [4.69, 9.17) is 10.2 Å². The van der Waals surface area contributed by atoms with Gasteiger partial charge in [0, 0.05) is 12.2 Å². The summed E-state index contributed by atoms with van der Waals surface area (Å²) < 4.78 is 37.2. The molecule has 1 aromatic carbocycles. The van der Waals surface area contributed by atoms with E-state index in [0.717, 1.165) is 0 Å². The number of nitrogens with zero attached hydrogens (tertiary/aromatic N) is 1. The Morgan fingerprint density at radius 2 is 2.05 bits per heavy atom. The summed E-state index contributed by atoms with van der Waals surface area (Å²) in [6.07, 6.45) is -6.91. The maximum Gasteiger partial charge on any atom is 0.416 e. The molecule has 1 aromatic rings. The summed E-state index contributed by atoms with van der Waals surface area (Å²) in [5, 5.41) is 18.3. The minimum absolute atomic E-state index is 0.168. The van der Waals surface area contributed by atoms with Crippen LogP contribution in [0.3, 0.4) is 0 Å². The molecule has 2 N–H and O–H groups in total. The fourth-order valence-electron chi connectivity index (χ4n) is 2.39. The second-order valence-corrected chi connectivity index (χ2v) is 4.74. The Hall–Kier alpha value is -1.76. The zero-order chi connectivity index (χ0) is 14.9. The molecule has 2 rings (SSSR count). The van der Waals surface area contributed by atoms with Gasteiger partial charge in [0.05, 0.1) is 12.5 Å². The van der Waals surface area contributed by atoms with Crippen molar-refractivity contribution in [2.45, 2.75) is 24.6 Å². The van der Waals surface area contributed by atoms with Crippen molar-refractivity contribution in [1.29, 1.82) is 0 Å². The molecule has 2 atom stereocenters. The van der Waals surface area contributed by atoms with Crippen molar-refractivity contribution in [2.75, 3.05) is 18.0 Å². The molecule has 0 saturated carbocycles. The Morgan fingerprint density at radius 1 is 1.40 bits per heavy atom. The van der Waals surface area contributed by atoms with Crippen molar-refractivity contribution in [3.8, 4) is 0 Å². The number of rotatable bonds is 3. The van der Waals surface area contributed by atoms with E-state index in [1.807, 2.05) is 0 Å². The van der Waals surface area contributed by atoms with Crippen LogP contribution in [0.5, 0.6) is 0 Å². The number of carboxylic acids is 1. The highest BCUT2D eigenvalue weighted by Crippen LogP contribution is 2.36. The predicted molar refractivity (Wildman–Crippen MR) is 65.7 cm³/mol. The van der Waals surface area contributed by atoms with Crippen LogP contribution >= 0.6 is 0 Å². The van der Waals surface area contributed by atoms with Crippen LogP contribution in [0.15, 0.2) is 24.3 Å². The molecule has 0 fully saturated rings. The Morgan fingerprint density at radius 3 is 2.65 bits per heavy atom. The molecule has 1 aliphatic heterocycles. The van der Waals surface area contributed by atoms with E-state index in [1.54, 1.807) is 24.3 Å². The lowest BCUT2D eigenvalue weighted by Crippen LogP contribution is -2.44. The zero-order valence-corrected chi connectivity index (χ0v) is 10.5. The molecule has 0 aliphatic carbocycles. The van der Waals surface area contributed by atoms with E-state index in [1.165, 1.54) is 4.90 Å². The van der Waals surface area contributed by atoms with E-state index in [-0.39, 0.29) is 13.0 Å². The van der Waals surface area contributed by atoms with Gasteiger partial charge in [-0.25, -0.2) is 0 Å². The average Bonchev–Trinajstić information content (AvgIpc) is 2.37. The Labute approximate surface area is 113 Å². The average molecular weight is 289 g/mol. The number of halogens is 3. The standard InChI is InChI=1S/C13H14F3NO3/c14-13(15,16)11(18)7-17-6-5-9(12(19)20)8-3-1-2-4-10(8)17/h1-4,9,11,18H,5-7H2,(H,19,20). The van der Waals surface area contributed by atoms with Gasteiger partial charge in [0.1, 0.15) is 0 Å². The van der Waals surface area contributed by atoms with Crippen molar-refractivity contribution in [2.24, 2.45) is 0 Å². The molecule has 20 heavy (non-hydrogen) atoms. The van der Waals surface area contributed by atoms with Gasteiger partial charge >= 0.3 is 12.1 Å². The van der Waals surface area contributed by atoms with E-state index in [2.05, 4.69) is 0 Å². The number of anilines is 1. The lowest BCUT2D eigenvalue weighted by Gasteiger charge is -2.35. The van der Waals surface area contributed by atoms with Gasteiger partial charge in [-0.2, -0.15) is 13.2 Å². The van der Waals surface area contributed by atoms with Gasteiger partial charge in [0.15, 0.2) is 6.10 Å². The van der Waals surface area contributed by atoms with Gasteiger partial charge in [-0.3, -0.25) is 4.79 Å². The number of hydrogen-bond acceptors (Lipinski definition) is 3. The first-order valence-electron chi connectivity index (χ1n) is 6.12. The molecule has 0 bridgehead atoms. The van der Waals surface area contributed by atoms with Crippen molar-refractivity contribution in [1.82, 2.24) is 0 Å². The number of fused-ring (bicyclic) bond motifs is 1. The number of hydrogen-bond donors (Lipinski definition) is 2. The predicted octanol–water partition coefficient (Wildman–Crippen LogP) is 1.99. The Bertz CT molecular complexity index is 504. The van der Waals surface area contributed by atoms with Crippen molar-refractivity contribution in [3.05, 3.63) is 29.8 Å². The molecule has 2 unspecified atom stereocenters.